The fourth-order valence-corrected chi connectivity index (χ4v) is 2.95. The molecule has 122 valence electrons. The van der Waals surface area contributed by atoms with Crippen molar-refractivity contribution in [1.29, 1.82) is 0 Å². The van der Waals surface area contributed by atoms with Gasteiger partial charge >= 0.3 is 0 Å². The number of aromatic nitrogens is 2. The first-order valence-corrected chi connectivity index (χ1v) is 7.34. The highest BCUT2D eigenvalue weighted by molar-refractivity contribution is 5.95. The molecule has 1 N–H and O–H groups in total. The number of carbonyl (C=O) groups is 1. The zero-order valence-corrected chi connectivity index (χ0v) is 12.9. The van der Waals surface area contributed by atoms with Gasteiger partial charge < -0.3 is 9.64 Å². The summed E-state index contributed by atoms with van der Waals surface area (Å²) >= 11 is 0. The van der Waals surface area contributed by atoms with Crippen LogP contribution in [0.15, 0.2) is 18.2 Å². The van der Waals surface area contributed by atoms with Gasteiger partial charge in [0.05, 0.1) is 30.5 Å². The van der Waals surface area contributed by atoms with Crippen molar-refractivity contribution in [3.8, 4) is 0 Å². The number of aromatic amines is 1. The second kappa shape index (κ2) is 6.08. The summed E-state index contributed by atoms with van der Waals surface area (Å²) in [6.45, 7) is 4.65. The van der Waals surface area contributed by atoms with E-state index in [0.717, 1.165) is 35.2 Å². The fraction of sp³-hybridized carbons (Fsp3) is 0.375. The number of rotatable bonds is 2. The molecule has 0 spiro atoms. The molecule has 0 bridgehead atoms. The van der Waals surface area contributed by atoms with Crippen molar-refractivity contribution in [3.63, 3.8) is 0 Å². The van der Waals surface area contributed by atoms with Gasteiger partial charge in [-0.25, -0.2) is 8.78 Å². The van der Waals surface area contributed by atoms with E-state index < -0.39 is 17.5 Å². The van der Waals surface area contributed by atoms with E-state index in [1.165, 1.54) is 4.90 Å². The highest BCUT2D eigenvalue weighted by atomic mass is 19.1. The summed E-state index contributed by atoms with van der Waals surface area (Å²) < 4.78 is 32.8. The average molecular weight is 321 g/mol. The minimum atomic E-state index is -0.734. The van der Waals surface area contributed by atoms with Crippen molar-refractivity contribution in [1.82, 2.24) is 15.1 Å². The lowest BCUT2D eigenvalue weighted by molar-refractivity contribution is -0.00327. The van der Waals surface area contributed by atoms with E-state index >= 15 is 0 Å². The van der Waals surface area contributed by atoms with Crippen LogP contribution in [-0.4, -0.2) is 40.8 Å². The van der Waals surface area contributed by atoms with Crippen molar-refractivity contribution >= 4 is 5.91 Å². The van der Waals surface area contributed by atoms with Crippen molar-refractivity contribution in [2.24, 2.45) is 0 Å². The summed E-state index contributed by atoms with van der Waals surface area (Å²) in [5.74, 6) is -1.92. The number of hydrogen-bond donors (Lipinski definition) is 1. The molecule has 0 aliphatic carbocycles. The number of amides is 1. The molecule has 1 saturated heterocycles. The van der Waals surface area contributed by atoms with Gasteiger partial charge in [-0.2, -0.15) is 5.10 Å². The van der Waals surface area contributed by atoms with Crippen molar-refractivity contribution < 1.29 is 18.3 Å². The standard InChI is InChI=1S/C16H17F2N3O2/c1-9-15(10(2)20-19-9)14-8-23-6-5-21(14)16(22)12-7-11(17)3-4-13(12)18/h3-4,7,14H,5-6,8H2,1-2H3,(H,19,20)/t14-/m0/s1. The average Bonchev–Trinajstić information content (AvgIpc) is 2.88. The van der Waals surface area contributed by atoms with Gasteiger partial charge in [0.15, 0.2) is 0 Å². The third-order valence-corrected chi connectivity index (χ3v) is 4.07. The van der Waals surface area contributed by atoms with Gasteiger partial charge in [0.2, 0.25) is 0 Å². The SMILES string of the molecule is Cc1n[nH]c(C)c1[C@@H]1COCCN1C(=O)c1cc(F)ccc1F. The van der Waals surface area contributed by atoms with Crippen LogP contribution < -0.4 is 0 Å². The molecule has 1 aromatic heterocycles. The molecule has 5 nitrogen and oxygen atoms in total. The van der Waals surface area contributed by atoms with Crippen LogP contribution in [0.25, 0.3) is 0 Å². The van der Waals surface area contributed by atoms with Crippen molar-refractivity contribution in [2.45, 2.75) is 19.9 Å². The smallest absolute Gasteiger partial charge is 0.257 e. The number of H-pyrrole nitrogens is 1. The molecule has 3 rings (SSSR count). The molecule has 7 heteroatoms. The van der Waals surface area contributed by atoms with Crippen LogP contribution in [0, 0.1) is 25.5 Å². The van der Waals surface area contributed by atoms with Gasteiger partial charge in [0.1, 0.15) is 11.6 Å². The summed E-state index contributed by atoms with van der Waals surface area (Å²) in [5.41, 5.74) is 2.18. The first kappa shape index (κ1) is 15.6. The largest absolute Gasteiger partial charge is 0.377 e. The van der Waals surface area contributed by atoms with Crippen LogP contribution >= 0.6 is 0 Å². The lowest BCUT2D eigenvalue weighted by Gasteiger charge is -2.36. The number of nitrogens with one attached hydrogen (secondary N) is 1. The minimum absolute atomic E-state index is 0.268. The molecule has 1 aliphatic heterocycles. The molecule has 1 fully saturated rings. The number of nitrogens with zero attached hydrogens (tertiary/aromatic N) is 2. The van der Waals surface area contributed by atoms with Crippen molar-refractivity contribution in [3.05, 3.63) is 52.3 Å². The molecule has 1 aromatic carbocycles. The van der Waals surface area contributed by atoms with Crippen LogP contribution in [0.4, 0.5) is 8.78 Å². The maximum absolute atomic E-state index is 13.9. The maximum Gasteiger partial charge on any atom is 0.257 e. The summed E-state index contributed by atoms with van der Waals surface area (Å²) in [4.78, 5) is 14.3. The first-order valence-electron chi connectivity index (χ1n) is 7.34. The Hall–Kier alpha value is -2.28. The Morgan fingerprint density at radius 3 is 2.87 bits per heavy atom. The topological polar surface area (TPSA) is 58.2 Å². The first-order chi connectivity index (χ1) is 11.0. The van der Waals surface area contributed by atoms with Crippen LogP contribution in [-0.2, 0) is 4.74 Å². The van der Waals surface area contributed by atoms with E-state index in [1.807, 2.05) is 13.8 Å². The zero-order valence-electron chi connectivity index (χ0n) is 12.9. The molecular formula is C16H17F2N3O2. The Balaban J connectivity index is 1.99. The second-order valence-corrected chi connectivity index (χ2v) is 5.56. The molecule has 1 atom stereocenters. The highest BCUT2D eigenvalue weighted by Crippen LogP contribution is 2.30. The molecule has 1 aliphatic rings. The van der Waals surface area contributed by atoms with Crippen LogP contribution in [0.1, 0.15) is 33.4 Å². The van der Waals surface area contributed by atoms with Gasteiger partial charge in [-0.1, -0.05) is 0 Å². The molecule has 2 aromatic rings. The maximum atomic E-state index is 13.9. The van der Waals surface area contributed by atoms with Gasteiger partial charge in [0.25, 0.3) is 5.91 Å². The molecule has 0 unspecified atom stereocenters. The predicted octanol–water partition coefficient (Wildman–Crippen LogP) is 2.52. The Bertz CT molecular complexity index is 725. The Labute approximate surface area is 132 Å². The van der Waals surface area contributed by atoms with E-state index in [-0.39, 0.29) is 11.6 Å². The molecule has 0 radical (unpaired) electrons. The second-order valence-electron chi connectivity index (χ2n) is 5.56. The zero-order chi connectivity index (χ0) is 16.6. The Morgan fingerprint density at radius 2 is 2.17 bits per heavy atom. The molecule has 2 heterocycles. The number of carbonyl (C=O) groups excluding carboxylic acids is 1. The van der Waals surface area contributed by atoms with Crippen molar-refractivity contribution in [2.75, 3.05) is 19.8 Å². The van der Waals surface area contributed by atoms with E-state index in [1.54, 1.807) is 0 Å². The number of ether oxygens (including phenoxy) is 1. The number of benzene rings is 1. The predicted molar refractivity (Wildman–Crippen MR) is 79.0 cm³/mol. The van der Waals surface area contributed by atoms with E-state index in [9.17, 15) is 13.6 Å². The summed E-state index contributed by atoms with van der Waals surface area (Å²) in [6.07, 6.45) is 0. The molecule has 1 amide bonds. The summed E-state index contributed by atoms with van der Waals surface area (Å²) in [6, 6.07) is 2.51. The Morgan fingerprint density at radius 1 is 1.39 bits per heavy atom. The highest BCUT2D eigenvalue weighted by Gasteiger charge is 2.33. The van der Waals surface area contributed by atoms with E-state index in [0.29, 0.717) is 19.8 Å². The Kier molecular flexibility index (Phi) is 4.12. The molecule has 0 saturated carbocycles. The normalized spacial score (nSPS) is 18.3. The van der Waals surface area contributed by atoms with Gasteiger partial charge in [-0.3, -0.25) is 9.89 Å². The number of aryl methyl sites for hydroxylation is 2. The van der Waals surface area contributed by atoms with Gasteiger partial charge in [-0.15, -0.1) is 0 Å². The lowest BCUT2D eigenvalue weighted by atomic mass is 10.0. The third-order valence-electron chi connectivity index (χ3n) is 4.07. The summed E-state index contributed by atoms with van der Waals surface area (Å²) in [5, 5.41) is 7.01. The number of halogens is 2. The minimum Gasteiger partial charge on any atom is -0.377 e. The van der Waals surface area contributed by atoms with Crippen LogP contribution in [0.5, 0.6) is 0 Å². The third kappa shape index (κ3) is 2.84. The molecular weight excluding hydrogens is 304 g/mol. The number of hydrogen-bond acceptors (Lipinski definition) is 3. The fourth-order valence-electron chi connectivity index (χ4n) is 2.95. The molecule has 23 heavy (non-hydrogen) atoms. The van der Waals surface area contributed by atoms with Gasteiger partial charge in [-0.05, 0) is 32.0 Å². The van der Waals surface area contributed by atoms with Crippen LogP contribution in [0.3, 0.4) is 0 Å². The monoisotopic (exact) mass is 321 g/mol. The number of morpholine rings is 1. The quantitative estimate of drug-likeness (QED) is 0.925. The van der Waals surface area contributed by atoms with Crippen LogP contribution in [0.2, 0.25) is 0 Å². The summed E-state index contributed by atoms with van der Waals surface area (Å²) in [7, 11) is 0. The van der Waals surface area contributed by atoms with E-state index in [2.05, 4.69) is 10.2 Å². The lowest BCUT2D eigenvalue weighted by Crippen LogP contribution is -2.44. The van der Waals surface area contributed by atoms with E-state index in [4.69, 9.17) is 4.74 Å². The van der Waals surface area contributed by atoms with Gasteiger partial charge in [0, 0.05) is 17.8 Å².